The molecule has 4 nitrogen and oxygen atoms in total. The molecular weight excluding hydrogens is 386 g/mol. The molecule has 1 N–H and O–H groups in total. The number of hydrogen-bond donors (Lipinski definition) is 1. The number of piperidine rings is 1. The second-order valence-corrected chi connectivity index (χ2v) is 10.4. The number of carbonyl (C=O) groups excluding carboxylic acids is 1. The molecule has 0 unspecified atom stereocenters. The third-order valence-corrected chi connectivity index (χ3v) is 6.96. The van der Waals surface area contributed by atoms with Crippen molar-refractivity contribution in [2.45, 2.75) is 64.1 Å². The topological polar surface area (TPSA) is 53.8 Å². The molecule has 1 aliphatic heterocycles. The molecule has 0 spiro atoms. The third-order valence-electron chi connectivity index (χ3n) is 6.96. The zero-order chi connectivity index (χ0) is 22.0. The Kier molecular flexibility index (Phi) is 4.51. The van der Waals surface area contributed by atoms with Gasteiger partial charge in [0.1, 0.15) is 6.10 Å². The van der Waals surface area contributed by atoms with Crippen molar-refractivity contribution in [2.75, 3.05) is 0 Å². The smallest absolute Gasteiger partial charge is 0.310 e. The molecule has 0 atom stereocenters. The maximum atomic E-state index is 12.9. The van der Waals surface area contributed by atoms with Crippen LogP contribution in [-0.2, 0) is 16.0 Å². The maximum Gasteiger partial charge on any atom is 0.310 e. The van der Waals surface area contributed by atoms with Gasteiger partial charge in [0.25, 0.3) is 0 Å². The van der Waals surface area contributed by atoms with Crippen molar-refractivity contribution in [3.05, 3.63) is 65.4 Å². The van der Waals surface area contributed by atoms with Crippen LogP contribution in [0, 0.1) is 5.21 Å². The van der Waals surface area contributed by atoms with Gasteiger partial charge in [0, 0.05) is 12.8 Å². The van der Waals surface area contributed by atoms with Gasteiger partial charge in [0.2, 0.25) is 0 Å². The second-order valence-electron chi connectivity index (χ2n) is 10.4. The molecule has 0 radical (unpaired) electrons. The highest BCUT2D eigenvalue weighted by molar-refractivity contribution is 6.23. The number of carbonyl (C=O) groups is 1. The van der Waals surface area contributed by atoms with E-state index in [9.17, 15) is 10.0 Å². The standard InChI is InChI=1S/C27H29NO3/c1-26(2)15-21(16-27(3,4)28(26)30)31-23(29)14-20-11-10-19-9-8-17-6-5-7-18-12-13-22(20)25(19)24(17)18/h5-13,21,28H,14-16H2,1-4H3. The van der Waals surface area contributed by atoms with Crippen LogP contribution >= 0.6 is 0 Å². The first-order valence-corrected chi connectivity index (χ1v) is 11.1. The summed E-state index contributed by atoms with van der Waals surface area (Å²) in [5, 5.41) is 20.1. The Morgan fingerprint density at radius 1 is 0.903 bits per heavy atom. The van der Waals surface area contributed by atoms with Crippen molar-refractivity contribution in [1.29, 1.82) is 0 Å². The largest absolute Gasteiger partial charge is 0.634 e. The van der Waals surface area contributed by atoms with Crippen LogP contribution in [0.4, 0.5) is 0 Å². The van der Waals surface area contributed by atoms with Gasteiger partial charge in [0.15, 0.2) is 0 Å². The molecule has 0 aromatic heterocycles. The van der Waals surface area contributed by atoms with E-state index in [1.165, 1.54) is 26.9 Å². The summed E-state index contributed by atoms with van der Waals surface area (Å²) < 4.78 is 5.91. The van der Waals surface area contributed by atoms with Crippen molar-refractivity contribution < 1.29 is 14.6 Å². The summed E-state index contributed by atoms with van der Waals surface area (Å²) in [5.41, 5.74) is 0.0421. The molecule has 1 heterocycles. The number of esters is 1. The number of ether oxygens (including phenoxy) is 1. The second kappa shape index (κ2) is 6.91. The van der Waals surface area contributed by atoms with Crippen molar-refractivity contribution >= 4 is 38.3 Å². The van der Waals surface area contributed by atoms with Gasteiger partial charge in [-0.25, -0.2) is 0 Å². The van der Waals surface area contributed by atoms with E-state index in [4.69, 9.17) is 4.74 Å². The molecule has 4 heteroatoms. The quantitative estimate of drug-likeness (QED) is 0.298. The monoisotopic (exact) mass is 415 g/mol. The van der Waals surface area contributed by atoms with Crippen LogP contribution in [0.2, 0.25) is 0 Å². The van der Waals surface area contributed by atoms with Crippen LogP contribution in [0.25, 0.3) is 32.3 Å². The first-order chi connectivity index (χ1) is 14.7. The Morgan fingerprint density at radius 3 is 2.10 bits per heavy atom. The number of rotatable bonds is 3. The van der Waals surface area contributed by atoms with Gasteiger partial charge in [-0.15, -0.1) is 0 Å². The summed E-state index contributed by atoms with van der Waals surface area (Å²) >= 11 is 0. The highest BCUT2D eigenvalue weighted by Gasteiger charge is 2.46. The molecule has 0 saturated carbocycles. The van der Waals surface area contributed by atoms with E-state index in [-0.39, 0.29) is 23.6 Å². The molecule has 1 saturated heterocycles. The zero-order valence-electron chi connectivity index (χ0n) is 18.6. The summed E-state index contributed by atoms with van der Waals surface area (Å²) in [4.78, 5) is 12.9. The fourth-order valence-corrected chi connectivity index (χ4v) is 5.73. The predicted molar refractivity (Wildman–Crippen MR) is 125 cm³/mol. The lowest BCUT2D eigenvalue weighted by atomic mass is 9.80. The maximum absolute atomic E-state index is 12.9. The highest BCUT2D eigenvalue weighted by atomic mass is 16.5. The Morgan fingerprint density at radius 2 is 1.45 bits per heavy atom. The fraction of sp³-hybridized carbons (Fsp3) is 0.370. The summed E-state index contributed by atoms with van der Waals surface area (Å²) in [6.45, 7) is 7.83. The fourth-order valence-electron chi connectivity index (χ4n) is 5.73. The first-order valence-electron chi connectivity index (χ1n) is 11.1. The SMILES string of the molecule is CC1(C)CC(OC(=O)Cc2ccc3ccc4cccc5ccc2c3c45)CC(C)(C)[NH+]1[O-]. The normalized spacial score (nSPS) is 22.9. The van der Waals surface area contributed by atoms with Crippen LogP contribution < -0.4 is 5.06 Å². The number of quaternary nitrogens is 1. The van der Waals surface area contributed by atoms with Crippen LogP contribution in [0.5, 0.6) is 0 Å². The third kappa shape index (κ3) is 3.35. The summed E-state index contributed by atoms with van der Waals surface area (Å²) in [6, 6.07) is 19.1. The Bertz CT molecular complexity index is 1260. The van der Waals surface area contributed by atoms with Gasteiger partial charge >= 0.3 is 5.97 Å². The minimum Gasteiger partial charge on any atom is -0.634 e. The zero-order valence-corrected chi connectivity index (χ0v) is 18.6. The van der Waals surface area contributed by atoms with E-state index in [1.807, 2.05) is 33.8 Å². The number of nitrogens with one attached hydrogen (secondary N) is 1. The van der Waals surface area contributed by atoms with Gasteiger partial charge in [0.05, 0.1) is 17.5 Å². The van der Waals surface area contributed by atoms with Gasteiger partial charge in [-0.1, -0.05) is 54.6 Å². The summed E-state index contributed by atoms with van der Waals surface area (Å²) in [5.74, 6) is -0.221. The van der Waals surface area contributed by atoms with Crippen molar-refractivity contribution in [1.82, 2.24) is 0 Å². The number of hydroxylamine groups is 2. The minimum absolute atomic E-state index is 0.221. The van der Waals surface area contributed by atoms with Gasteiger partial charge < -0.3 is 15.0 Å². The van der Waals surface area contributed by atoms with E-state index >= 15 is 0 Å². The van der Waals surface area contributed by atoms with Crippen LogP contribution in [0.3, 0.4) is 0 Å². The van der Waals surface area contributed by atoms with Gasteiger partial charge in [-0.3, -0.25) is 4.79 Å². The van der Waals surface area contributed by atoms with Gasteiger partial charge in [-0.2, -0.15) is 0 Å². The molecule has 0 amide bonds. The lowest BCUT2D eigenvalue weighted by Gasteiger charge is -2.54. The molecule has 1 fully saturated rings. The number of benzene rings is 4. The molecule has 0 bridgehead atoms. The molecule has 0 aliphatic carbocycles. The van der Waals surface area contributed by atoms with E-state index in [0.29, 0.717) is 12.8 Å². The Labute approximate surface area is 182 Å². The Balaban J connectivity index is 1.45. The molecule has 160 valence electrons. The molecule has 4 aromatic rings. The summed E-state index contributed by atoms with van der Waals surface area (Å²) in [7, 11) is 0. The van der Waals surface area contributed by atoms with Crippen molar-refractivity contribution in [2.24, 2.45) is 0 Å². The summed E-state index contributed by atoms with van der Waals surface area (Å²) in [6.07, 6.45) is 1.17. The van der Waals surface area contributed by atoms with Gasteiger partial charge in [-0.05, 0) is 65.6 Å². The average Bonchev–Trinajstić information content (AvgIpc) is 2.71. The van der Waals surface area contributed by atoms with Crippen LogP contribution in [0.15, 0.2) is 54.6 Å². The predicted octanol–water partition coefficient (Wildman–Crippen LogP) is 4.77. The minimum atomic E-state index is -0.473. The molecule has 5 rings (SSSR count). The highest BCUT2D eigenvalue weighted by Crippen LogP contribution is 2.36. The van der Waals surface area contributed by atoms with E-state index < -0.39 is 11.1 Å². The van der Waals surface area contributed by atoms with Crippen molar-refractivity contribution in [3.8, 4) is 0 Å². The molecule has 4 aromatic carbocycles. The number of hydrogen-bond acceptors (Lipinski definition) is 3. The molecular formula is C27H29NO3. The lowest BCUT2D eigenvalue weighted by Crippen LogP contribution is -3.23. The van der Waals surface area contributed by atoms with E-state index in [0.717, 1.165) is 10.9 Å². The average molecular weight is 416 g/mol. The van der Waals surface area contributed by atoms with Crippen molar-refractivity contribution in [3.63, 3.8) is 0 Å². The van der Waals surface area contributed by atoms with E-state index in [1.54, 1.807) is 0 Å². The molecule has 1 aliphatic rings. The lowest BCUT2D eigenvalue weighted by molar-refractivity contribution is -0.956. The first kappa shape index (κ1) is 20.2. The van der Waals surface area contributed by atoms with Crippen LogP contribution in [-0.4, -0.2) is 23.2 Å². The molecule has 31 heavy (non-hydrogen) atoms. The Hall–Kier alpha value is -2.69. The van der Waals surface area contributed by atoms with E-state index in [2.05, 4.69) is 48.5 Å². The van der Waals surface area contributed by atoms with Crippen LogP contribution in [0.1, 0.15) is 46.1 Å².